The van der Waals surface area contributed by atoms with Crippen molar-refractivity contribution in [1.82, 2.24) is 4.90 Å². The molecule has 0 atom stereocenters. The topological polar surface area (TPSA) is 57.6 Å². The van der Waals surface area contributed by atoms with Gasteiger partial charge in [-0.15, -0.1) is 0 Å². The number of carboxylic acids is 1. The lowest BCUT2D eigenvalue weighted by Crippen LogP contribution is -2.38. The highest BCUT2D eigenvalue weighted by Crippen LogP contribution is 2.20. The van der Waals surface area contributed by atoms with Crippen LogP contribution in [0.1, 0.15) is 30.6 Å². The second-order valence-electron chi connectivity index (χ2n) is 4.36. The predicted octanol–water partition coefficient (Wildman–Crippen LogP) is 2.91. The molecule has 1 rings (SSSR count). The number of carbonyl (C=O) groups is 2. The van der Waals surface area contributed by atoms with E-state index in [1.807, 2.05) is 0 Å². The molecule has 0 aliphatic heterocycles. The average Bonchev–Trinajstić information content (AvgIpc) is 2.31. The Morgan fingerprint density at radius 1 is 1.42 bits per heavy atom. The van der Waals surface area contributed by atoms with Crippen LogP contribution in [0.3, 0.4) is 0 Å². The summed E-state index contributed by atoms with van der Waals surface area (Å²) in [5, 5.41) is 8.69. The summed E-state index contributed by atoms with van der Waals surface area (Å²) in [5.74, 6) is -1.87. The first-order chi connectivity index (χ1) is 8.82. The summed E-state index contributed by atoms with van der Waals surface area (Å²) < 4.78 is 13.7. The molecule has 0 heterocycles. The van der Waals surface area contributed by atoms with Crippen LogP contribution in [0.25, 0.3) is 0 Å². The Bertz CT molecular complexity index is 491. The van der Waals surface area contributed by atoms with Crippen LogP contribution >= 0.6 is 15.9 Å². The highest BCUT2D eigenvalue weighted by Gasteiger charge is 2.21. The first-order valence-electron chi connectivity index (χ1n) is 5.80. The molecule has 1 aromatic carbocycles. The minimum absolute atomic E-state index is 0.0921. The molecule has 0 aliphatic carbocycles. The summed E-state index contributed by atoms with van der Waals surface area (Å²) in [4.78, 5) is 24.3. The number of halogens is 2. The van der Waals surface area contributed by atoms with Crippen molar-refractivity contribution in [3.05, 3.63) is 34.1 Å². The second kappa shape index (κ2) is 6.65. The number of carbonyl (C=O) groups excluding carboxylic acids is 1. The maximum Gasteiger partial charge on any atom is 0.305 e. The summed E-state index contributed by atoms with van der Waals surface area (Å²) in [5.41, 5.74) is 0.194. The standard InChI is InChI=1S/C13H15BrFNO3/c1-8(2)16(6-5-12(17)18)13(19)10-7-9(15)3-4-11(10)14/h3-4,7-8H,5-6H2,1-2H3,(H,17,18). The number of nitrogens with zero attached hydrogens (tertiary/aromatic N) is 1. The molecule has 0 fully saturated rings. The molecular weight excluding hydrogens is 317 g/mol. The fourth-order valence-electron chi connectivity index (χ4n) is 1.63. The average molecular weight is 332 g/mol. The van der Waals surface area contributed by atoms with E-state index >= 15 is 0 Å². The minimum Gasteiger partial charge on any atom is -0.481 e. The molecule has 1 aromatic rings. The van der Waals surface area contributed by atoms with E-state index in [9.17, 15) is 14.0 Å². The van der Waals surface area contributed by atoms with Gasteiger partial charge in [-0.25, -0.2) is 4.39 Å². The van der Waals surface area contributed by atoms with Crippen LogP contribution in [0.15, 0.2) is 22.7 Å². The van der Waals surface area contributed by atoms with E-state index in [0.717, 1.165) is 6.07 Å². The van der Waals surface area contributed by atoms with Crippen molar-refractivity contribution >= 4 is 27.8 Å². The quantitative estimate of drug-likeness (QED) is 0.902. The molecule has 0 saturated heterocycles. The summed E-state index contributed by atoms with van der Waals surface area (Å²) in [6.07, 6.45) is -0.142. The monoisotopic (exact) mass is 331 g/mol. The lowest BCUT2D eigenvalue weighted by atomic mass is 10.1. The highest BCUT2D eigenvalue weighted by molar-refractivity contribution is 9.10. The molecule has 4 nitrogen and oxygen atoms in total. The van der Waals surface area contributed by atoms with Gasteiger partial charge in [-0.05, 0) is 48.0 Å². The molecule has 0 bridgehead atoms. The van der Waals surface area contributed by atoms with E-state index in [1.54, 1.807) is 13.8 Å². The van der Waals surface area contributed by atoms with Crippen molar-refractivity contribution in [3.63, 3.8) is 0 Å². The molecule has 0 unspecified atom stereocenters. The van der Waals surface area contributed by atoms with Crippen molar-refractivity contribution in [2.75, 3.05) is 6.54 Å². The SMILES string of the molecule is CC(C)N(CCC(=O)O)C(=O)c1cc(F)ccc1Br. The fourth-order valence-corrected chi connectivity index (χ4v) is 2.04. The molecule has 0 spiro atoms. The molecule has 0 aromatic heterocycles. The number of hydrogen-bond donors (Lipinski definition) is 1. The van der Waals surface area contributed by atoms with E-state index in [0.29, 0.717) is 4.47 Å². The lowest BCUT2D eigenvalue weighted by Gasteiger charge is -2.26. The molecule has 1 amide bonds. The third kappa shape index (κ3) is 4.31. The van der Waals surface area contributed by atoms with Gasteiger partial charge in [0.1, 0.15) is 5.82 Å². The van der Waals surface area contributed by atoms with Crippen molar-refractivity contribution in [1.29, 1.82) is 0 Å². The van der Waals surface area contributed by atoms with Crippen LogP contribution < -0.4 is 0 Å². The number of benzene rings is 1. The number of hydrogen-bond acceptors (Lipinski definition) is 2. The van der Waals surface area contributed by atoms with Gasteiger partial charge in [0.15, 0.2) is 0 Å². The van der Waals surface area contributed by atoms with Gasteiger partial charge in [-0.3, -0.25) is 9.59 Å². The van der Waals surface area contributed by atoms with E-state index < -0.39 is 11.8 Å². The Labute approximate surface area is 119 Å². The smallest absolute Gasteiger partial charge is 0.305 e. The van der Waals surface area contributed by atoms with Gasteiger partial charge in [0, 0.05) is 17.1 Å². The fraction of sp³-hybridized carbons (Fsp3) is 0.385. The van der Waals surface area contributed by atoms with Crippen molar-refractivity contribution in [2.24, 2.45) is 0 Å². The zero-order valence-electron chi connectivity index (χ0n) is 10.7. The highest BCUT2D eigenvalue weighted by atomic mass is 79.9. The van der Waals surface area contributed by atoms with Gasteiger partial charge < -0.3 is 10.0 Å². The van der Waals surface area contributed by atoms with Crippen molar-refractivity contribution in [3.8, 4) is 0 Å². The van der Waals surface area contributed by atoms with Crippen LogP contribution in [-0.4, -0.2) is 34.5 Å². The number of amides is 1. The van der Waals surface area contributed by atoms with E-state index in [2.05, 4.69) is 15.9 Å². The second-order valence-corrected chi connectivity index (χ2v) is 5.21. The summed E-state index contributed by atoms with van der Waals surface area (Å²) >= 11 is 3.20. The molecule has 0 radical (unpaired) electrons. The molecular formula is C13H15BrFNO3. The maximum atomic E-state index is 13.2. The minimum atomic E-state index is -0.975. The Hall–Kier alpha value is -1.43. The van der Waals surface area contributed by atoms with Crippen LogP contribution in [0, 0.1) is 5.82 Å². The van der Waals surface area contributed by atoms with Gasteiger partial charge in [-0.2, -0.15) is 0 Å². The third-order valence-corrected chi connectivity index (χ3v) is 3.30. The van der Waals surface area contributed by atoms with Gasteiger partial charge in [0.25, 0.3) is 5.91 Å². The Kier molecular flexibility index (Phi) is 5.47. The molecule has 1 N–H and O–H groups in total. The Morgan fingerprint density at radius 3 is 2.58 bits per heavy atom. The van der Waals surface area contributed by atoms with Crippen molar-refractivity contribution in [2.45, 2.75) is 26.3 Å². The van der Waals surface area contributed by atoms with Crippen molar-refractivity contribution < 1.29 is 19.1 Å². The molecule has 104 valence electrons. The maximum absolute atomic E-state index is 13.2. The van der Waals surface area contributed by atoms with Crippen LogP contribution in [0.4, 0.5) is 4.39 Å². The zero-order valence-corrected chi connectivity index (χ0v) is 12.3. The first-order valence-corrected chi connectivity index (χ1v) is 6.60. The third-order valence-electron chi connectivity index (χ3n) is 2.61. The molecule has 6 heteroatoms. The number of rotatable bonds is 5. The van der Waals surface area contributed by atoms with Gasteiger partial charge in [0.2, 0.25) is 0 Å². The van der Waals surface area contributed by atoms with E-state index in [4.69, 9.17) is 5.11 Å². The van der Waals surface area contributed by atoms with Gasteiger partial charge >= 0.3 is 5.97 Å². The Morgan fingerprint density at radius 2 is 2.05 bits per heavy atom. The van der Waals surface area contributed by atoms with E-state index in [1.165, 1.54) is 17.0 Å². The lowest BCUT2D eigenvalue weighted by molar-refractivity contribution is -0.137. The molecule has 0 aliphatic rings. The van der Waals surface area contributed by atoms with E-state index in [-0.39, 0.29) is 30.5 Å². The first kappa shape index (κ1) is 15.6. The molecule has 19 heavy (non-hydrogen) atoms. The Balaban J connectivity index is 2.99. The number of aliphatic carboxylic acids is 1. The predicted molar refractivity (Wildman–Crippen MR) is 72.5 cm³/mol. The van der Waals surface area contributed by atoms with Gasteiger partial charge in [-0.1, -0.05) is 0 Å². The van der Waals surface area contributed by atoms with Crippen LogP contribution in [-0.2, 0) is 4.79 Å². The van der Waals surface area contributed by atoms with Crippen LogP contribution in [0.2, 0.25) is 0 Å². The number of carboxylic acid groups (broad SMARTS) is 1. The summed E-state index contributed by atoms with van der Waals surface area (Å²) in [6, 6.07) is 3.68. The normalized spacial score (nSPS) is 10.6. The largest absolute Gasteiger partial charge is 0.481 e. The molecule has 0 saturated carbocycles. The summed E-state index contributed by atoms with van der Waals surface area (Å²) in [7, 11) is 0. The zero-order chi connectivity index (χ0) is 14.6. The van der Waals surface area contributed by atoms with Gasteiger partial charge in [0.05, 0.1) is 12.0 Å². The van der Waals surface area contributed by atoms with Crippen LogP contribution in [0.5, 0.6) is 0 Å². The summed E-state index contributed by atoms with van der Waals surface area (Å²) in [6.45, 7) is 3.66.